The summed E-state index contributed by atoms with van der Waals surface area (Å²) in [6.07, 6.45) is 0.637. The van der Waals surface area contributed by atoms with Crippen LogP contribution in [0.4, 0.5) is 5.69 Å². The average Bonchev–Trinajstić information content (AvgIpc) is 2.32. The molecule has 1 aromatic rings. The molecule has 2 amide bonds. The summed E-state index contributed by atoms with van der Waals surface area (Å²) in [5, 5.41) is 2.48. The van der Waals surface area contributed by atoms with E-state index in [1.807, 2.05) is 38.1 Å². The Morgan fingerprint density at radius 3 is 2.44 bits per heavy atom. The number of primary amides is 1. The number of aryl methyl sites for hydroxylation is 1. The molecule has 0 saturated carbocycles. The second-order valence-electron chi connectivity index (χ2n) is 4.02. The Balaban J connectivity index is 2.42. The number of rotatable bonds is 6. The highest BCUT2D eigenvalue weighted by Gasteiger charge is 2.15. The number of amides is 2. The lowest BCUT2D eigenvalue weighted by Crippen LogP contribution is -2.27. The third-order valence-corrected chi connectivity index (χ3v) is 3.84. The second kappa shape index (κ2) is 7.06. The van der Waals surface area contributed by atoms with Crippen molar-refractivity contribution in [2.75, 3.05) is 11.1 Å². The van der Waals surface area contributed by atoms with Gasteiger partial charge in [0.25, 0.3) is 0 Å². The minimum absolute atomic E-state index is 0.122. The molecule has 0 fully saturated rings. The van der Waals surface area contributed by atoms with E-state index in [-0.39, 0.29) is 22.8 Å². The molecule has 4 nitrogen and oxygen atoms in total. The van der Waals surface area contributed by atoms with Gasteiger partial charge in [0.2, 0.25) is 11.8 Å². The van der Waals surface area contributed by atoms with Gasteiger partial charge in [-0.2, -0.15) is 0 Å². The van der Waals surface area contributed by atoms with Crippen molar-refractivity contribution in [1.29, 1.82) is 0 Å². The number of carbonyl (C=O) groups excluding carboxylic acids is 2. The van der Waals surface area contributed by atoms with Gasteiger partial charge in [-0.15, -0.1) is 11.8 Å². The minimum Gasteiger partial charge on any atom is -0.369 e. The van der Waals surface area contributed by atoms with E-state index in [1.54, 1.807) is 0 Å². The molecule has 0 radical (unpaired) electrons. The van der Waals surface area contributed by atoms with Crippen LogP contribution < -0.4 is 11.1 Å². The van der Waals surface area contributed by atoms with E-state index >= 15 is 0 Å². The van der Waals surface area contributed by atoms with E-state index in [1.165, 1.54) is 11.8 Å². The van der Waals surface area contributed by atoms with Crippen molar-refractivity contribution in [2.24, 2.45) is 5.73 Å². The summed E-state index contributed by atoms with van der Waals surface area (Å²) in [6, 6.07) is 7.56. The Kier molecular flexibility index (Phi) is 5.71. The first-order chi connectivity index (χ1) is 8.52. The molecule has 1 rings (SSSR count). The van der Waals surface area contributed by atoms with Crippen LogP contribution in [0.2, 0.25) is 0 Å². The maximum Gasteiger partial charge on any atom is 0.234 e. The number of nitrogens with one attached hydrogen (secondary N) is 1. The molecule has 1 atom stereocenters. The Hall–Kier alpha value is -1.49. The zero-order chi connectivity index (χ0) is 13.5. The molecule has 0 saturated heterocycles. The van der Waals surface area contributed by atoms with Crippen molar-refractivity contribution < 1.29 is 9.59 Å². The van der Waals surface area contributed by atoms with Gasteiger partial charge in [-0.25, -0.2) is 0 Å². The largest absolute Gasteiger partial charge is 0.369 e. The van der Waals surface area contributed by atoms with Gasteiger partial charge in [0.15, 0.2) is 0 Å². The summed E-state index contributed by atoms with van der Waals surface area (Å²) in [4.78, 5) is 22.7. The fourth-order valence-electron chi connectivity index (χ4n) is 1.41. The third kappa shape index (κ3) is 4.79. The molecular formula is C13H18N2O2S. The molecule has 0 aliphatic heterocycles. The molecule has 0 bridgehead atoms. The summed E-state index contributed by atoms with van der Waals surface area (Å²) >= 11 is 1.27. The topological polar surface area (TPSA) is 72.2 Å². The molecule has 1 aromatic carbocycles. The number of hydrogen-bond acceptors (Lipinski definition) is 3. The summed E-state index contributed by atoms with van der Waals surface area (Å²) in [5.74, 6) is -0.260. The summed E-state index contributed by atoms with van der Waals surface area (Å²) in [5.41, 5.74) is 7.11. The number of anilines is 1. The average molecular weight is 266 g/mol. The van der Waals surface area contributed by atoms with Gasteiger partial charge in [-0.3, -0.25) is 9.59 Å². The third-order valence-electron chi connectivity index (χ3n) is 2.44. The van der Waals surface area contributed by atoms with Crippen LogP contribution in [0.1, 0.15) is 18.9 Å². The van der Waals surface area contributed by atoms with Crippen LogP contribution in [0.15, 0.2) is 24.3 Å². The van der Waals surface area contributed by atoms with Gasteiger partial charge in [0, 0.05) is 5.69 Å². The van der Waals surface area contributed by atoms with Gasteiger partial charge in [0.05, 0.1) is 11.0 Å². The van der Waals surface area contributed by atoms with Gasteiger partial charge < -0.3 is 11.1 Å². The highest BCUT2D eigenvalue weighted by Crippen LogP contribution is 2.15. The van der Waals surface area contributed by atoms with Crippen LogP contribution in [0.25, 0.3) is 0 Å². The minimum atomic E-state index is -0.370. The Morgan fingerprint density at radius 2 is 1.94 bits per heavy atom. The van der Waals surface area contributed by atoms with Crippen LogP contribution in [0, 0.1) is 6.92 Å². The van der Waals surface area contributed by atoms with Gasteiger partial charge in [-0.05, 0) is 25.5 Å². The molecule has 1 unspecified atom stereocenters. The maximum atomic E-state index is 11.7. The van der Waals surface area contributed by atoms with Crippen molar-refractivity contribution >= 4 is 29.3 Å². The predicted molar refractivity (Wildman–Crippen MR) is 75.5 cm³/mol. The normalized spacial score (nSPS) is 11.9. The van der Waals surface area contributed by atoms with E-state index in [0.29, 0.717) is 6.42 Å². The van der Waals surface area contributed by atoms with E-state index in [2.05, 4.69) is 5.32 Å². The van der Waals surface area contributed by atoms with Crippen molar-refractivity contribution in [3.05, 3.63) is 29.8 Å². The number of benzene rings is 1. The standard InChI is InChI=1S/C13H18N2O2S/c1-3-11(13(14)17)18-8-12(16)15-10-6-4-9(2)5-7-10/h4-7,11H,3,8H2,1-2H3,(H2,14,17)(H,15,16). The molecule has 98 valence electrons. The molecule has 3 N–H and O–H groups in total. The summed E-state index contributed by atoms with van der Waals surface area (Å²) in [6.45, 7) is 3.86. The number of hydrogen-bond donors (Lipinski definition) is 2. The van der Waals surface area contributed by atoms with Crippen LogP contribution in [0.3, 0.4) is 0 Å². The van der Waals surface area contributed by atoms with Crippen molar-refractivity contribution in [2.45, 2.75) is 25.5 Å². The summed E-state index contributed by atoms with van der Waals surface area (Å²) in [7, 11) is 0. The monoisotopic (exact) mass is 266 g/mol. The first kappa shape index (κ1) is 14.6. The van der Waals surface area contributed by atoms with E-state index in [9.17, 15) is 9.59 Å². The Bertz CT molecular complexity index is 418. The lowest BCUT2D eigenvalue weighted by molar-refractivity contribution is -0.117. The van der Waals surface area contributed by atoms with Gasteiger partial charge in [0.1, 0.15) is 0 Å². The summed E-state index contributed by atoms with van der Waals surface area (Å²) < 4.78 is 0. The zero-order valence-corrected chi connectivity index (χ0v) is 11.4. The molecule has 5 heteroatoms. The quantitative estimate of drug-likeness (QED) is 0.826. The highest BCUT2D eigenvalue weighted by molar-refractivity contribution is 8.01. The first-order valence-corrected chi connectivity index (χ1v) is 6.85. The number of nitrogens with two attached hydrogens (primary N) is 1. The molecule has 0 spiro atoms. The SMILES string of the molecule is CCC(SCC(=O)Nc1ccc(C)cc1)C(N)=O. The van der Waals surface area contributed by atoms with Gasteiger partial charge >= 0.3 is 0 Å². The predicted octanol–water partition coefficient (Wildman–Crippen LogP) is 1.93. The molecule has 0 aliphatic rings. The van der Waals surface area contributed by atoms with Gasteiger partial charge in [-0.1, -0.05) is 24.6 Å². The Labute approximate surface area is 111 Å². The highest BCUT2D eigenvalue weighted by atomic mass is 32.2. The molecule has 0 aliphatic carbocycles. The second-order valence-corrected chi connectivity index (χ2v) is 5.22. The fraction of sp³-hybridized carbons (Fsp3) is 0.385. The van der Waals surface area contributed by atoms with Crippen LogP contribution in [0.5, 0.6) is 0 Å². The molecule has 18 heavy (non-hydrogen) atoms. The maximum absolute atomic E-state index is 11.7. The van der Waals surface area contributed by atoms with E-state index in [0.717, 1.165) is 11.3 Å². The van der Waals surface area contributed by atoms with Crippen LogP contribution >= 0.6 is 11.8 Å². The van der Waals surface area contributed by atoms with Crippen molar-refractivity contribution in [3.8, 4) is 0 Å². The lowest BCUT2D eigenvalue weighted by atomic mass is 10.2. The Morgan fingerprint density at radius 1 is 1.33 bits per heavy atom. The van der Waals surface area contributed by atoms with Crippen LogP contribution in [-0.2, 0) is 9.59 Å². The zero-order valence-electron chi connectivity index (χ0n) is 10.6. The fourth-order valence-corrected chi connectivity index (χ4v) is 2.24. The molecular weight excluding hydrogens is 248 g/mol. The van der Waals surface area contributed by atoms with Crippen molar-refractivity contribution in [3.63, 3.8) is 0 Å². The molecule has 0 heterocycles. The van der Waals surface area contributed by atoms with Crippen LogP contribution in [-0.4, -0.2) is 22.8 Å². The smallest absolute Gasteiger partial charge is 0.234 e. The van der Waals surface area contributed by atoms with E-state index in [4.69, 9.17) is 5.73 Å². The number of thioether (sulfide) groups is 1. The van der Waals surface area contributed by atoms with E-state index < -0.39 is 0 Å². The number of carbonyl (C=O) groups is 2. The first-order valence-electron chi connectivity index (χ1n) is 5.80. The van der Waals surface area contributed by atoms with Crippen molar-refractivity contribution in [1.82, 2.24) is 0 Å². The molecule has 0 aromatic heterocycles. The lowest BCUT2D eigenvalue weighted by Gasteiger charge is -2.10.